The number of aromatic nitrogens is 4. The molecule has 0 bridgehead atoms. The molecule has 0 spiro atoms. The number of benzene rings is 2. The van der Waals surface area contributed by atoms with Crippen molar-refractivity contribution in [3.63, 3.8) is 0 Å². The Bertz CT molecular complexity index is 1320. The molecule has 4 rings (SSSR count). The third-order valence-corrected chi connectivity index (χ3v) is 4.71. The minimum Gasteiger partial charge on any atom is -0.495 e. The Balaban J connectivity index is 1.58. The van der Waals surface area contributed by atoms with Crippen molar-refractivity contribution in [2.45, 2.75) is 6.92 Å². The highest BCUT2D eigenvalue weighted by atomic mass is 19.1. The van der Waals surface area contributed by atoms with Gasteiger partial charge in [-0.2, -0.15) is 0 Å². The normalized spacial score (nSPS) is 11.0. The second-order valence-electron chi connectivity index (χ2n) is 6.96. The maximum Gasteiger partial charge on any atom is 0.330 e. The minimum atomic E-state index is -0.490. The van der Waals surface area contributed by atoms with Gasteiger partial charge in [0.2, 0.25) is 5.89 Å². The molecule has 0 N–H and O–H groups in total. The van der Waals surface area contributed by atoms with E-state index in [9.17, 15) is 9.18 Å². The summed E-state index contributed by atoms with van der Waals surface area (Å²) in [6, 6.07) is 11.0. The first-order chi connectivity index (χ1) is 16.0. The van der Waals surface area contributed by atoms with Crippen molar-refractivity contribution >= 4 is 29.8 Å². The topological polar surface area (TPSA) is 86.3 Å². The van der Waals surface area contributed by atoms with Gasteiger partial charge < -0.3 is 13.7 Å². The van der Waals surface area contributed by atoms with Gasteiger partial charge in [0, 0.05) is 12.3 Å². The summed E-state index contributed by atoms with van der Waals surface area (Å²) in [6.07, 6.45) is 8.14. The lowest BCUT2D eigenvalue weighted by Crippen LogP contribution is -2.23. The van der Waals surface area contributed by atoms with E-state index in [1.165, 1.54) is 24.3 Å². The summed E-state index contributed by atoms with van der Waals surface area (Å²) in [6.45, 7) is 5.41. The zero-order chi connectivity index (χ0) is 23.4. The van der Waals surface area contributed by atoms with Gasteiger partial charge in [0.1, 0.15) is 11.6 Å². The molecule has 0 aliphatic carbocycles. The molecule has 33 heavy (non-hydrogen) atoms. The van der Waals surface area contributed by atoms with Crippen molar-refractivity contribution < 1.29 is 18.3 Å². The van der Waals surface area contributed by atoms with Crippen LogP contribution in [0.2, 0.25) is 0 Å². The second kappa shape index (κ2) is 9.31. The number of ether oxygens (including phenoxy) is 1. The van der Waals surface area contributed by atoms with E-state index in [2.05, 4.69) is 21.8 Å². The highest BCUT2D eigenvalue weighted by Crippen LogP contribution is 2.27. The zero-order valence-electron chi connectivity index (χ0n) is 18.0. The standard InChI is InChI=1S/C24H20FN5O3/c1-4-23(31)30(19-9-7-18(25)8-10-19)24-28-27-22(33-24)12-6-17-5-11-20(21(13-17)32-3)29-14-16(2)26-15-29/h4-15H,1H2,2-3H3/b12-6+. The summed E-state index contributed by atoms with van der Waals surface area (Å²) in [5.41, 5.74) is 2.96. The van der Waals surface area contributed by atoms with E-state index in [4.69, 9.17) is 9.15 Å². The van der Waals surface area contributed by atoms with Crippen LogP contribution >= 0.6 is 0 Å². The molecule has 0 saturated heterocycles. The number of halogens is 1. The molecule has 0 radical (unpaired) electrons. The predicted octanol–water partition coefficient (Wildman–Crippen LogP) is 4.73. The van der Waals surface area contributed by atoms with Crippen LogP contribution in [0.3, 0.4) is 0 Å². The van der Waals surface area contributed by atoms with Crippen LogP contribution in [0.5, 0.6) is 5.75 Å². The number of amides is 1. The third-order valence-electron chi connectivity index (χ3n) is 4.71. The van der Waals surface area contributed by atoms with Gasteiger partial charge >= 0.3 is 6.01 Å². The van der Waals surface area contributed by atoms with Crippen LogP contribution in [0.1, 0.15) is 17.1 Å². The van der Waals surface area contributed by atoms with Crippen molar-refractivity contribution in [3.05, 3.63) is 90.6 Å². The van der Waals surface area contributed by atoms with E-state index in [-0.39, 0.29) is 11.9 Å². The average Bonchev–Trinajstić information content (AvgIpc) is 3.48. The van der Waals surface area contributed by atoms with Crippen LogP contribution in [-0.4, -0.2) is 32.8 Å². The van der Waals surface area contributed by atoms with Gasteiger partial charge in [0.05, 0.1) is 30.5 Å². The molecule has 4 aromatic rings. The van der Waals surface area contributed by atoms with Gasteiger partial charge in [-0.3, -0.25) is 4.79 Å². The Kier molecular flexibility index (Phi) is 6.12. The molecule has 166 valence electrons. The van der Waals surface area contributed by atoms with Gasteiger partial charge in [0.25, 0.3) is 5.91 Å². The number of nitrogens with zero attached hydrogens (tertiary/aromatic N) is 5. The maximum atomic E-state index is 13.3. The van der Waals surface area contributed by atoms with E-state index in [0.717, 1.165) is 27.9 Å². The number of hydrogen-bond donors (Lipinski definition) is 0. The highest BCUT2D eigenvalue weighted by molar-refractivity contribution is 6.05. The summed E-state index contributed by atoms with van der Waals surface area (Å²) in [4.78, 5) is 17.8. The van der Waals surface area contributed by atoms with E-state index >= 15 is 0 Å². The van der Waals surface area contributed by atoms with Crippen molar-refractivity contribution in [1.29, 1.82) is 0 Å². The van der Waals surface area contributed by atoms with Crippen LogP contribution in [0, 0.1) is 12.7 Å². The largest absolute Gasteiger partial charge is 0.495 e. The van der Waals surface area contributed by atoms with Crippen LogP contribution in [0.25, 0.3) is 17.8 Å². The molecular formula is C24H20FN5O3. The number of carbonyl (C=O) groups excluding carboxylic acids is 1. The number of imidazole rings is 1. The molecule has 0 atom stereocenters. The molecule has 0 aliphatic rings. The molecule has 9 heteroatoms. The van der Waals surface area contributed by atoms with Crippen molar-refractivity contribution in [1.82, 2.24) is 19.7 Å². The Morgan fingerprint density at radius 3 is 2.64 bits per heavy atom. The van der Waals surface area contributed by atoms with E-state index in [1.807, 2.05) is 35.9 Å². The quantitative estimate of drug-likeness (QED) is 0.382. The van der Waals surface area contributed by atoms with E-state index < -0.39 is 11.7 Å². The number of rotatable bonds is 7. The molecule has 2 aromatic heterocycles. The van der Waals surface area contributed by atoms with Gasteiger partial charge in [-0.25, -0.2) is 14.3 Å². The Morgan fingerprint density at radius 1 is 1.18 bits per heavy atom. The number of methoxy groups -OCH3 is 1. The van der Waals surface area contributed by atoms with Crippen LogP contribution in [0.15, 0.2) is 72.1 Å². The van der Waals surface area contributed by atoms with Gasteiger partial charge in [-0.1, -0.05) is 17.7 Å². The van der Waals surface area contributed by atoms with Crippen molar-refractivity contribution in [3.8, 4) is 11.4 Å². The summed E-state index contributed by atoms with van der Waals surface area (Å²) in [5, 5.41) is 7.92. The van der Waals surface area contributed by atoms with Gasteiger partial charge in [0.15, 0.2) is 0 Å². The Morgan fingerprint density at radius 2 is 1.97 bits per heavy atom. The fourth-order valence-electron chi connectivity index (χ4n) is 3.13. The highest BCUT2D eigenvalue weighted by Gasteiger charge is 2.21. The minimum absolute atomic E-state index is 0.0606. The first-order valence-electron chi connectivity index (χ1n) is 9.91. The number of aryl methyl sites for hydroxylation is 1. The summed E-state index contributed by atoms with van der Waals surface area (Å²) < 4.78 is 26.3. The second-order valence-corrected chi connectivity index (χ2v) is 6.96. The molecule has 2 aromatic carbocycles. The number of anilines is 2. The van der Waals surface area contributed by atoms with Crippen LogP contribution in [0.4, 0.5) is 16.1 Å². The summed E-state index contributed by atoms with van der Waals surface area (Å²) in [5.74, 6) is -0.0681. The SMILES string of the molecule is C=CC(=O)N(c1ccc(F)cc1)c1nnc(/C=C/c2ccc(-n3cnc(C)c3)c(OC)c2)o1. The Hall–Kier alpha value is -4.53. The van der Waals surface area contributed by atoms with Gasteiger partial charge in [-0.05, 0) is 61.0 Å². The molecule has 0 aliphatic heterocycles. The average molecular weight is 445 g/mol. The monoisotopic (exact) mass is 445 g/mol. The molecule has 0 saturated carbocycles. The Labute approximate surface area is 189 Å². The molecule has 2 heterocycles. The van der Waals surface area contributed by atoms with Crippen molar-refractivity contribution in [2.75, 3.05) is 12.0 Å². The first-order valence-corrected chi connectivity index (χ1v) is 9.91. The fourth-order valence-corrected chi connectivity index (χ4v) is 3.13. The van der Waals surface area contributed by atoms with Gasteiger partial charge in [-0.15, -0.1) is 5.10 Å². The third kappa shape index (κ3) is 4.72. The van der Waals surface area contributed by atoms with Crippen LogP contribution < -0.4 is 9.64 Å². The van der Waals surface area contributed by atoms with Crippen molar-refractivity contribution in [2.24, 2.45) is 0 Å². The smallest absolute Gasteiger partial charge is 0.330 e. The maximum absolute atomic E-state index is 13.3. The number of hydrogen-bond acceptors (Lipinski definition) is 6. The summed E-state index contributed by atoms with van der Waals surface area (Å²) in [7, 11) is 1.60. The first kappa shape index (κ1) is 21.7. The molecule has 0 unspecified atom stereocenters. The molecule has 8 nitrogen and oxygen atoms in total. The number of carbonyl (C=O) groups is 1. The zero-order valence-corrected chi connectivity index (χ0v) is 18.0. The fraction of sp³-hybridized carbons (Fsp3) is 0.0833. The van der Waals surface area contributed by atoms with E-state index in [0.29, 0.717) is 11.4 Å². The molecule has 0 fully saturated rings. The molecule has 1 amide bonds. The lowest BCUT2D eigenvalue weighted by atomic mass is 10.1. The molecular weight excluding hydrogens is 425 g/mol. The summed E-state index contributed by atoms with van der Waals surface area (Å²) >= 11 is 0. The van der Waals surface area contributed by atoms with Crippen LogP contribution in [-0.2, 0) is 4.79 Å². The lowest BCUT2D eigenvalue weighted by molar-refractivity contribution is -0.113. The lowest BCUT2D eigenvalue weighted by Gasteiger charge is -2.16. The predicted molar refractivity (Wildman–Crippen MR) is 122 cm³/mol. The van der Waals surface area contributed by atoms with E-state index in [1.54, 1.807) is 25.6 Å².